The predicted octanol–water partition coefficient (Wildman–Crippen LogP) is 6.51. The summed E-state index contributed by atoms with van der Waals surface area (Å²) in [6.45, 7) is 0. The quantitative estimate of drug-likeness (QED) is 0.105. The maximum atomic E-state index is 12.8. The molecule has 0 atom stereocenters. The Hall–Kier alpha value is -1.87. The first-order valence-electron chi connectivity index (χ1n) is 10.1. The summed E-state index contributed by atoms with van der Waals surface area (Å²) >= 11 is 12.8. The number of hydrogen-bond donors (Lipinski definition) is 2. The Balaban J connectivity index is 0.000000591. The van der Waals surface area contributed by atoms with E-state index in [1.54, 1.807) is 12.1 Å². The van der Waals surface area contributed by atoms with Gasteiger partial charge < -0.3 is 12.5 Å². The van der Waals surface area contributed by atoms with Crippen molar-refractivity contribution in [1.29, 1.82) is 0 Å². The first-order chi connectivity index (χ1) is 17.5. The molecule has 0 amide bonds. The van der Waals surface area contributed by atoms with E-state index in [1.165, 1.54) is 18.2 Å². The van der Waals surface area contributed by atoms with Crippen LogP contribution in [0, 0.1) is 26.0 Å². The molecule has 0 heterocycles. The predicted molar refractivity (Wildman–Crippen MR) is 159 cm³/mol. The maximum absolute atomic E-state index is 12.8. The van der Waals surface area contributed by atoms with Gasteiger partial charge in [-0.3, -0.25) is 20.2 Å². The fraction of sp³-hybridized carbons (Fsp3) is 0. The van der Waals surface area contributed by atoms with Gasteiger partial charge in [0.15, 0.2) is 0 Å². The van der Waals surface area contributed by atoms with E-state index in [2.05, 4.69) is 69.0 Å². The van der Waals surface area contributed by atoms with Crippen LogP contribution in [0.3, 0.4) is 0 Å². The molecule has 0 saturated carbocycles. The minimum atomic E-state index is -0.836. The van der Waals surface area contributed by atoms with E-state index in [1.807, 2.05) is 48.5 Å². The second kappa shape index (κ2) is 17.0. The van der Waals surface area contributed by atoms with Gasteiger partial charge in [0.25, 0.3) is 5.69 Å². The van der Waals surface area contributed by atoms with Gasteiger partial charge in [-0.2, -0.15) is 4.39 Å². The van der Waals surface area contributed by atoms with Gasteiger partial charge in [0, 0.05) is 31.2 Å². The van der Waals surface area contributed by atoms with Gasteiger partial charge >= 0.3 is 35.2 Å². The summed E-state index contributed by atoms with van der Waals surface area (Å²) in [5.41, 5.74) is 6.98. The molecule has 38 heavy (non-hydrogen) atoms. The third-order valence-electron chi connectivity index (χ3n) is 4.35. The van der Waals surface area contributed by atoms with E-state index in [9.17, 15) is 24.6 Å². The van der Waals surface area contributed by atoms with Crippen molar-refractivity contribution in [2.45, 2.75) is 0 Å². The van der Waals surface area contributed by atoms with E-state index in [-0.39, 0.29) is 41.1 Å². The Morgan fingerprint density at radius 2 is 1.16 bits per heavy atom. The van der Waals surface area contributed by atoms with Gasteiger partial charge in [-0.05, 0) is 100 Å². The molecule has 0 aliphatic carbocycles. The average Bonchev–Trinajstić information content (AvgIpc) is 2.86. The number of benzene rings is 4. The summed E-state index contributed by atoms with van der Waals surface area (Å²) in [5, 5.41) is 24.2. The van der Waals surface area contributed by atoms with Crippen LogP contribution in [-0.4, -0.2) is 9.85 Å². The number of nitrogen functional groups attached to an aromatic ring is 1. The molecule has 194 valence electrons. The molecule has 0 aromatic heterocycles. The number of nitro groups is 2. The summed E-state index contributed by atoms with van der Waals surface area (Å²) in [4.78, 5) is 19.9. The van der Waals surface area contributed by atoms with Gasteiger partial charge in [-0.1, -0.05) is 36.4 Å². The molecule has 3 N–H and O–H groups in total. The molecule has 0 radical (unpaired) electrons. The van der Waals surface area contributed by atoms with Crippen LogP contribution in [0.25, 0.3) is 0 Å². The van der Waals surface area contributed by atoms with Crippen molar-refractivity contribution in [2.75, 3.05) is 11.1 Å². The third kappa shape index (κ3) is 10.4. The van der Waals surface area contributed by atoms with Crippen molar-refractivity contribution >= 4 is 92.2 Å². The molecule has 14 heteroatoms. The molecule has 0 saturated heterocycles. The van der Waals surface area contributed by atoms with E-state index < -0.39 is 21.4 Å². The number of nitrogens with two attached hydrogens (primary N) is 1. The summed E-state index contributed by atoms with van der Waals surface area (Å²) in [5.74, 6) is -0.836. The third-order valence-corrected chi connectivity index (χ3v) is 7.04. The van der Waals surface area contributed by atoms with Crippen LogP contribution < -0.4 is 40.6 Å². The summed E-state index contributed by atoms with van der Waals surface area (Å²) in [6, 6.07) is 23.8. The molecule has 4 rings (SSSR count). The van der Waals surface area contributed by atoms with E-state index in [0.717, 1.165) is 26.4 Å². The minimum Gasteiger partial charge on any atom is -1.00 e. The zero-order valence-corrected chi connectivity index (χ0v) is 27.9. The number of anilines is 3. The number of nitrogens with one attached hydrogen (secondary N) is 1. The standard InChI is InChI=1S/C12H8Br2N2O2.C6H3BrFNO2.C6H6BrN.Na.H/c13-8-4-1-2-6-10(8)15-12-9(14)5-3-7-11(12)16(17)18;7-4-2-1-3-5(6(4)8)9(10)11;7-5-3-1-2-4-6(5)8;;/h1-7,15H;1-3H;1-4H,8H2;;/q;;;+1;-1. The Bertz CT molecular complexity index is 1400. The van der Waals surface area contributed by atoms with Crippen molar-refractivity contribution in [2.24, 2.45) is 0 Å². The first-order valence-corrected chi connectivity index (χ1v) is 13.2. The summed E-state index contributed by atoms with van der Waals surface area (Å²) in [7, 11) is 0. The molecule has 0 aliphatic rings. The second-order valence-electron chi connectivity index (χ2n) is 6.85. The Labute approximate surface area is 274 Å². The largest absolute Gasteiger partial charge is 1.00 e. The van der Waals surface area contributed by atoms with Crippen LogP contribution in [0.15, 0.2) is 103 Å². The molecule has 0 fully saturated rings. The summed E-state index contributed by atoms with van der Waals surface area (Å²) < 4.78 is 15.3. The fourth-order valence-corrected chi connectivity index (χ4v) is 4.07. The van der Waals surface area contributed by atoms with Crippen LogP contribution in [0.1, 0.15) is 1.43 Å². The fourth-order valence-electron chi connectivity index (χ4n) is 2.59. The molecule has 0 unspecified atom stereocenters. The number of nitrogens with zero attached hydrogens (tertiary/aromatic N) is 2. The number of halogens is 5. The molecule has 4 aromatic rings. The molecule has 0 spiro atoms. The molecule has 4 aromatic carbocycles. The van der Waals surface area contributed by atoms with Gasteiger partial charge in [-0.15, -0.1) is 0 Å². The van der Waals surface area contributed by atoms with Gasteiger partial charge in [0.05, 0.1) is 20.0 Å². The van der Waals surface area contributed by atoms with E-state index in [0.29, 0.717) is 10.2 Å². The number of hydrogen-bond acceptors (Lipinski definition) is 6. The Morgan fingerprint density at radius 1 is 0.684 bits per heavy atom. The molecular weight excluding hydrogens is 770 g/mol. The number of rotatable bonds is 4. The van der Waals surface area contributed by atoms with Crippen LogP contribution in [0.4, 0.5) is 32.8 Å². The molecule has 0 aliphatic heterocycles. The monoisotopic (exact) mass is 784 g/mol. The van der Waals surface area contributed by atoms with Crippen LogP contribution >= 0.6 is 63.7 Å². The van der Waals surface area contributed by atoms with Crippen LogP contribution in [0.2, 0.25) is 0 Å². The van der Waals surface area contributed by atoms with Crippen molar-refractivity contribution in [3.8, 4) is 0 Å². The van der Waals surface area contributed by atoms with Gasteiger partial charge in [0.2, 0.25) is 5.82 Å². The molecule has 0 bridgehead atoms. The van der Waals surface area contributed by atoms with Crippen LogP contribution in [0.5, 0.6) is 0 Å². The van der Waals surface area contributed by atoms with E-state index >= 15 is 0 Å². The molecular formula is C24H18Br4FN4NaO4. The summed E-state index contributed by atoms with van der Waals surface area (Å²) in [6.07, 6.45) is 0. The number of para-hydroxylation sites is 3. The second-order valence-corrected chi connectivity index (χ2v) is 10.3. The van der Waals surface area contributed by atoms with E-state index in [4.69, 9.17) is 5.73 Å². The van der Waals surface area contributed by atoms with Gasteiger partial charge in [-0.25, -0.2) is 0 Å². The van der Waals surface area contributed by atoms with Crippen molar-refractivity contribution in [3.05, 3.63) is 129 Å². The van der Waals surface area contributed by atoms with Crippen molar-refractivity contribution < 1.29 is 45.2 Å². The molecule has 8 nitrogen and oxygen atoms in total. The number of nitro benzene ring substituents is 2. The zero-order valence-electron chi connectivity index (χ0n) is 20.6. The maximum Gasteiger partial charge on any atom is 1.00 e. The minimum absolute atomic E-state index is 0. The SMILES string of the molecule is Nc1ccccc1Br.O=[N+]([O-])c1cccc(Br)c1F.O=[N+]([O-])c1cccc(Br)c1Nc1ccccc1Br.[H-].[Na+]. The average molecular weight is 788 g/mol. The smallest absolute Gasteiger partial charge is 1.00 e. The zero-order chi connectivity index (χ0) is 27.5. The van der Waals surface area contributed by atoms with Crippen molar-refractivity contribution in [3.63, 3.8) is 0 Å². The van der Waals surface area contributed by atoms with Gasteiger partial charge in [0.1, 0.15) is 5.69 Å². The normalized spacial score (nSPS) is 9.50. The van der Waals surface area contributed by atoms with Crippen molar-refractivity contribution in [1.82, 2.24) is 0 Å². The topological polar surface area (TPSA) is 124 Å². The first kappa shape index (κ1) is 34.2. The van der Waals surface area contributed by atoms with Crippen LogP contribution in [-0.2, 0) is 0 Å². The Kier molecular flexibility index (Phi) is 15.2. The Morgan fingerprint density at radius 3 is 1.63 bits per heavy atom.